The molecule has 2 aromatic rings. The van der Waals surface area contributed by atoms with Crippen molar-refractivity contribution in [2.75, 3.05) is 0 Å². The highest BCUT2D eigenvalue weighted by Gasteiger charge is 2.17. The van der Waals surface area contributed by atoms with Crippen LogP contribution >= 0.6 is 0 Å². The van der Waals surface area contributed by atoms with Crippen molar-refractivity contribution in [2.24, 2.45) is 0 Å². The molecule has 0 fully saturated rings. The summed E-state index contributed by atoms with van der Waals surface area (Å²) in [7, 11) is -1.80. The van der Waals surface area contributed by atoms with Gasteiger partial charge in [-0.15, -0.1) is 0 Å². The molecule has 0 saturated carbocycles. The number of rotatable bonds is 3. The van der Waals surface area contributed by atoms with Crippen molar-refractivity contribution >= 4 is 12.6 Å². The van der Waals surface area contributed by atoms with Gasteiger partial charge in [-0.25, -0.2) is 9.07 Å². The fourth-order valence-electron chi connectivity index (χ4n) is 1.75. The van der Waals surface area contributed by atoms with Crippen LogP contribution in [0.5, 0.6) is 0 Å². The molecule has 5 nitrogen and oxygen atoms in total. The van der Waals surface area contributed by atoms with Crippen molar-refractivity contribution in [3.8, 4) is 0 Å². The van der Waals surface area contributed by atoms with Crippen LogP contribution in [0.25, 0.3) is 0 Å². The summed E-state index contributed by atoms with van der Waals surface area (Å²) < 4.78 is 14.2. The lowest BCUT2D eigenvalue weighted by Gasteiger charge is -2.10. The minimum absolute atomic E-state index is 0.0225. The average Bonchev–Trinajstić information content (AvgIpc) is 2.34. The van der Waals surface area contributed by atoms with Crippen molar-refractivity contribution in [2.45, 2.75) is 13.5 Å². The van der Waals surface area contributed by atoms with Gasteiger partial charge in [0.05, 0.1) is 12.7 Å². The number of hydrogen-bond donors (Lipinski definition) is 2. The maximum atomic E-state index is 13.1. The van der Waals surface area contributed by atoms with Crippen LogP contribution in [-0.4, -0.2) is 26.9 Å². The predicted octanol–water partition coefficient (Wildman–Crippen LogP) is -0.581. The van der Waals surface area contributed by atoms with E-state index in [1.165, 1.54) is 29.1 Å². The van der Waals surface area contributed by atoms with Gasteiger partial charge in [0, 0.05) is 6.07 Å². The molecule has 0 aliphatic heterocycles. The smallest absolute Gasteiger partial charge is 0.423 e. The lowest BCUT2D eigenvalue weighted by molar-refractivity contribution is 0.424. The highest BCUT2D eigenvalue weighted by molar-refractivity contribution is 6.59. The normalized spacial score (nSPS) is 10.5. The summed E-state index contributed by atoms with van der Waals surface area (Å²) in [6.07, 6.45) is 1.53. The Bertz CT molecular complexity index is 658. The van der Waals surface area contributed by atoms with E-state index in [1.807, 2.05) is 0 Å². The third-order valence-electron chi connectivity index (χ3n) is 2.71. The summed E-state index contributed by atoms with van der Waals surface area (Å²) in [4.78, 5) is 11.7. The molecule has 2 N–H and O–H groups in total. The molecule has 0 radical (unpaired) electrons. The van der Waals surface area contributed by atoms with Crippen LogP contribution in [0, 0.1) is 12.7 Å². The molecule has 0 aliphatic rings. The number of hydrogen-bond acceptors (Lipinski definition) is 4. The molecule has 2 rings (SSSR count). The standard InChI is InChI=1S/C12H12BFN2O3/c1-8-4-12(17)16(15-6-8)7-9-2-3-10(14)5-11(9)13(18)19/h2-6,18-19H,7H2,1H3. The zero-order valence-corrected chi connectivity index (χ0v) is 10.2. The maximum absolute atomic E-state index is 13.1. The van der Waals surface area contributed by atoms with Crippen LogP contribution in [0.1, 0.15) is 11.1 Å². The number of benzene rings is 1. The molecule has 1 heterocycles. The second-order valence-corrected chi connectivity index (χ2v) is 4.25. The van der Waals surface area contributed by atoms with E-state index in [9.17, 15) is 19.2 Å². The van der Waals surface area contributed by atoms with Gasteiger partial charge < -0.3 is 10.0 Å². The molecule has 0 spiro atoms. The first-order valence-electron chi connectivity index (χ1n) is 5.65. The monoisotopic (exact) mass is 262 g/mol. The van der Waals surface area contributed by atoms with E-state index >= 15 is 0 Å². The van der Waals surface area contributed by atoms with Gasteiger partial charge in [0.2, 0.25) is 0 Å². The third-order valence-corrected chi connectivity index (χ3v) is 2.71. The number of aromatic nitrogens is 2. The number of aryl methyl sites for hydroxylation is 1. The minimum Gasteiger partial charge on any atom is -0.423 e. The first-order valence-corrected chi connectivity index (χ1v) is 5.65. The van der Waals surface area contributed by atoms with E-state index in [0.29, 0.717) is 5.56 Å². The van der Waals surface area contributed by atoms with Gasteiger partial charge in [-0.1, -0.05) is 6.07 Å². The summed E-state index contributed by atoms with van der Waals surface area (Å²) >= 11 is 0. The second kappa shape index (κ2) is 5.33. The van der Waals surface area contributed by atoms with Gasteiger partial charge in [0.1, 0.15) is 5.82 Å². The van der Waals surface area contributed by atoms with E-state index in [-0.39, 0.29) is 17.6 Å². The summed E-state index contributed by atoms with van der Waals surface area (Å²) in [5, 5.41) is 22.3. The molecular weight excluding hydrogens is 250 g/mol. The van der Waals surface area contributed by atoms with Gasteiger partial charge in [-0.05, 0) is 35.6 Å². The highest BCUT2D eigenvalue weighted by atomic mass is 19.1. The summed E-state index contributed by atoms with van der Waals surface area (Å²) in [5.41, 5.74) is 0.884. The zero-order chi connectivity index (χ0) is 14.0. The SMILES string of the molecule is Cc1cnn(Cc2ccc(F)cc2B(O)O)c(=O)c1. The fraction of sp³-hybridized carbons (Fsp3) is 0.167. The Morgan fingerprint density at radius 2 is 2.11 bits per heavy atom. The molecule has 0 saturated heterocycles. The quantitative estimate of drug-likeness (QED) is 0.725. The lowest BCUT2D eigenvalue weighted by atomic mass is 9.77. The Hall–Kier alpha value is -1.99. The molecule has 0 unspecified atom stereocenters. The van der Waals surface area contributed by atoms with Crippen molar-refractivity contribution in [1.82, 2.24) is 9.78 Å². The number of nitrogens with zero attached hydrogens (tertiary/aromatic N) is 2. The highest BCUT2D eigenvalue weighted by Crippen LogP contribution is 2.03. The molecule has 0 bridgehead atoms. The van der Waals surface area contributed by atoms with E-state index in [1.54, 1.807) is 6.92 Å². The molecule has 0 atom stereocenters. The zero-order valence-electron chi connectivity index (χ0n) is 10.2. The molecule has 19 heavy (non-hydrogen) atoms. The van der Waals surface area contributed by atoms with Gasteiger partial charge in [0.15, 0.2) is 0 Å². The topological polar surface area (TPSA) is 75.3 Å². The van der Waals surface area contributed by atoms with Gasteiger partial charge in [0.25, 0.3) is 5.56 Å². The maximum Gasteiger partial charge on any atom is 0.488 e. The van der Waals surface area contributed by atoms with Gasteiger partial charge in [-0.2, -0.15) is 5.10 Å². The van der Waals surface area contributed by atoms with Crippen molar-refractivity contribution < 1.29 is 14.4 Å². The van der Waals surface area contributed by atoms with Gasteiger partial charge in [-0.3, -0.25) is 4.79 Å². The number of halogens is 1. The van der Waals surface area contributed by atoms with Crippen molar-refractivity contribution in [3.05, 3.63) is 57.8 Å². The summed E-state index contributed by atoms with van der Waals surface area (Å²) in [6, 6.07) is 5.04. The van der Waals surface area contributed by atoms with Crippen LogP contribution < -0.4 is 11.0 Å². The van der Waals surface area contributed by atoms with Crippen molar-refractivity contribution in [3.63, 3.8) is 0 Å². The van der Waals surface area contributed by atoms with Crippen LogP contribution in [-0.2, 0) is 6.54 Å². The molecule has 0 amide bonds. The minimum atomic E-state index is -1.80. The van der Waals surface area contributed by atoms with Gasteiger partial charge >= 0.3 is 7.12 Å². The van der Waals surface area contributed by atoms with Crippen LogP contribution in [0.3, 0.4) is 0 Å². The first kappa shape index (κ1) is 13.4. The summed E-state index contributed by atoms with van der Waals surface area (Å²) in [6.45, 7) is 1.80. The third kappa shape index (κ3) is 3.07. The van der Waals surface area contributed by atoms with Crippen LogP contribution in [0.4, 0.5) is 4.39 Å². The van der Waals surface area contributed by atoms with Crippen molar-refractivity contribution in [1.29, 1.82) is 0 Å². The average molecular weight is 262 g/mol. The Morgan fingerprint density at radius 1 is 1.37 bits per heavy atom. The Labute approximate surface area is 109 Å². The lowest BCUT2D eigenvalue weighted by Crippen LogP contribution is -2.35. The van der Waals surface area contributed by atoms with E-state index in [4.69, 9.17) is 0 Å². The molecule has 1 aromatic heterocycles. The second-order valence-electron chi connectivity index (χ2n) is 4.25. The Balaban J connectivity index is 2.40. The Morgan fingerprint density at radius 3 is 2.74 bits per heavy atom. The predicted molar refractivity (Wildman–Crippen MR) is 68.6 cm³/mol. The molecular formula is C12H12BFN2O3. The molecule has 0 aliphatic carbocycles. The molecule has 98 valence electrons. The van der Waals surface area contributed by atoms with E-state index in [0.717, 1.165) is 11.6 Å². The first-order chi connectivity index (χ1) is 8.97. The van der Waals surface area contributed by atoms with Crippen LogP contribution in [0.15, 0.2) is 35.3 Å². The Kier molecular flexibility index (Phi) is 3.78. The van der Waals surface area contributed by atoms with Crippen LogP contribution in [0.2, 0.25) is 0 Å². The molecule has 7 heteroatoms. The van der Waals surface area contributed by atoms with E-state index in [2.05, 4.69) is 5.10 Å². The fourth-order valence-corrected chi connectivity index (χ4v) is 1.75. The molecule has 1 aromatic carbocycles. The summed E-state index contributed by atoms with van der Waals surface area (Å²) in [5.74, 6) is -0.573. The van der Waals surface area contributed by atoms with E-state index < -0.39 is 12.9 Å². The largest absolute Gasteiger partial charge is 0.488 e.